The van der Waals surface area contributed by atoms with E-state index in [4.69, 9.17) is 10.9 Å². The van der Waals surface area contributed by atoms with Crippen LogP contribution in [-0.2, 0) is 6.54 Å². The van der Waals surface area contributed by atoms with Crippen LogP contribution in [0.1, 0.15) is 30.7 Å². The summed E-state index contributed by atoms with van der Waals surface area (Å²) in [6, 6.07) is 0.479. The summed E-state index contributed by atoms with van der Waals surface area (Å²) in [6.45, 7) is 2.15. The Labute approximate surface area is 105 Å². The lowest BCUT2D eigenvalue weighted by atomic mass is 10.00. The van der Waals surface area contributed by atoms with Gasteiger partial charge in [-0.05, 0) is 25.8 Å². The highest BCUT2D eigenvalue weighted by Crippen LogP contribution is 2.23. The average Bonchev–Trinajstić information content (AvgIpc) is 2.80. The highest BCUT2D eigenvalue weighted by atomic mass is 32.1. The molecule has 0 saturated carbocycles. The van der Waals surface area contributed by atoms with Crippen molar-refractivity contribution in [2.75, 3.05) is 18.6 Å². The molecule has 0 aliphatic carbocycles. The van der Waals surface area contributed by atoms with Crippen LogP contribution >= 0.6 is 11.3 Å². The Balaban J connectivity index is 1.95. The topological polar surface area (TPSA) is 87.3 Å². The van der Waals surface area contributed by atoms with Crippen molar-refractivity contribution < 1.29 is 5.11 Å². The number of hydrogen-bond donors (Lipinski definition) is 3. The summed E-state index contributed by atoms with van der Waals surface area (Å²) < 4.78 is 0. The van der Waals surface area contributed by atoms with Crippen LogP contribution in [0.4, 0.5) is 5.13 Å². The van der Waals surface area contributed by atoms with E-state index in [1.807, 2.05) is 0 Å². The lowest BCUT2D eigenvalue weighted by Gasteiger charge is -2.34. The standard InChI is InChI=1S/C10H19N5OS/c11-12-10-14-13-9(17-10)7-15-5-2-1-3-8(15)4-6-16/h8,16H,1-7,11H2,(H,12,14). The average molecular weight is 257 g/mol. The number of nitrogen functional groups attached to an aromatic ring is 1. The third kappa shape index (κ3) is 3.35. The van der Waals surface area contributed by atoms with Gasteiger partial charge in [-0.3, -0.25) is 10.3 Å². The molecule has 4 N–H and O–H groups in total. The first-order valence-electron chi connectivity index (χ1n) is 5.97. The summed E-state index contributed by atoms with van der Waals surface area (Å²) >= 11 is 1.48. The number of hydrogen-bond acceptors (Lipinski definition) is 7. The van der Waals surface area contributed by atoms with E-state index in [1.165, 1.54) is 30.6 Å². The van der Waals surface area contributed by atoms with Crippen LogP contribution in [0.2, 0.25) is 0 Å². The molecule has 0 amide bonds. The lowest BCUT2D eigenvalue weighted by molar-refractivity contribution is 0.112. The molecule has 17 heavy (non-hydrogen) atoms. The monoisotopic (exact) mass is 257 g/mol. The first-order valence-corrected chi connectivity index (χ1v) is 6.79. The smallest absolute Gasteiger partial charge is 0.219 e. The Bertz CT molecular complexity index is 343. The SMILES string of the molecule is NNc1nnc(CN2CCCCC2CCO)s1. The molecule has 7 heteroatoms. The van der Waals surface area contributed by atoms with Crippen molar-refractivity contribution in [1.29, 1.82) is 0 Å². The molecule has 96 valence electrons. The van der Waals surface area contributed by atoms with E-state index in [2.05, 4.69) is 20.5 Å². The van der Waals surface area contributed by atoms with E-state index in [0.717, 1.165) is 24.5 Å². The second-order valence-electron chi connectivity index (χ2n) is 4.28. The fraction of sp³-hybridized carbons (Fsp3) is 0.800. The fourth-order valence-electron chi connectivity index (χ4n) is 2.29. The molecule has 0 aromatic carbocycles. The van der Waals surface area contributed by atoms with Crippen LogP contribution in [0.15, 0.2) is 0 Å². The van der Waals surface area contributed by atoms with Gasteiger partial charge in [0.2, 0.25) is 5.13 Å². The fourth-order valence-corrected chi connectivity index (χ4v) is 2.97. The molecule has 1 aromatic heterocycles. The molecule has 1 saturated heterocycles. The molecule has 1 fully saturated rings. The van der Waals surface area contributed by atoms with Crippen molar-refractivity contribution in [3.63, 3.8) is 0 Å². The predicted molar refractivity (Wildman–Crippen MR) is 67.5 cm³/mol. The van der Waals surface area contributed by atoms with Crippen molar-refractivity contribution >= 4 is 16.5 Å². The minimum Gasteiger partial charge on any atom is -0.396 e. The highest BCUT2D eigenvalue weighted by molar-refractivity contribution is 7.15. The van der Waals surface area contributed by atoms with Gasteiger partial charge in [0.1, 0.15) is 5.01 Å². The van der Waals surface area contributed by atoms with Gasteiger partial charge in [-0.25, -0.2) is 5.84 Å². The number of nitrogens with one attached hydrogen (secondary N) is 1. The maximum atomic E-state index is 9.07. The van der Waals surface area contributed by atoms with Gasteiger partial charge in [-0.15, -0.1) is 10.2 Å². The van der Waals surface area contributed by atoms with Crippen molar-refractivity contribution in [2.24, 2.45) is 5.84 Å². The molecular formula is C10H19N5OS. The Morgan fingerprint density at radius 2 is 2.35 bits per heavy atom. The number of aliphatic hydroxyl groups is 1. The molecule has 1 atom stereocenters. The van der Waals surface area contributed by atoms with E-state index in [1.54, 1.807) is 0 Å². The maximum Gasteiger partial charge on any atom is 0.219 e. The minimum absolute atomic E-state index is 0.257. The number of piperidine rings is 1. The zero-order valence-corrected chi connectivity index (χ0v) is 10.6. The molecule has 1 unspecified atom stereocenters. The zero-order chi connectivity index (χ0) is 12.1. The predicted octanol–water partition coefficient (Wildman–Crippen LogP) is 0.561. The van der Waals surface area contributed by atoms with E-state index in [9.17, 15) is 0 Å². The Hall–Kier alpha value is -0.760. The summed E-state index contributed by atoms with van der Waals surface area (Å²) in [5, 5.41) is 18.7. The van der Waals surface area contributed by atoms with Crippen LogP contribution in [-0.4, -0.2) is 39.4 Å². The molecule has 1 aromatic rings. The number of aromatic nitrogens is 2. The molecule has 0 radical (unpaired) electrons. The summed E-state index contributed by atoms with van der Waals surface area (Å²) in [4.78, 5) is 2.39. The molecule has 0 bridgehead atoms. The van der Waals surface area contributed by atoms with Crippen LogP contribution in [0, 0.1) is 0 Å². The number of likely N-dealkylation sites (tertiary alicyclic amines) is 1. The number of rotatable bonds is 5. The van der Waals surface area contributed by atoms with Gasteiger partial charge in [-0.2, -0.15) is 0 Å². The molecule has 2 rings (SSSR count). The van der Waals surface area contributed by atoms with Gasteiger partial charge < -0.3 is 5.11 Å². The van der Waals surface area contributed by atoms with Crippen LogP contribution < -0.4 is 11.3 Å². The third-order valence-corrected chi connectivity index (χ3v) is 3.98. The molecule has 6 nitrogen and oxygen atoms in total. The maximum absolute atomic E-state index is 9.07. The number of nitrogens with two attached hydrogens (primary N) is 1. The number of aliphatic hydroxyl groups excluding tert-OH is 1. The van der Waals surface area contributed by atoms with Crippen LogP contribution in [0.5, 0.6) is 0 Å². The van der Waals surface area contributed by atoms with Gasteiger partial charge in [0, 0.05) is 12.6 Å². The van der Waals surface area contributed by atoms with Crippen LogP contribution in [0.3, 0.4) is 0 Å². The first kappa shape index (κ1) is 12.7. The first-order chi connectivity index (χ1) is 8.33. The van der Waals surface area contributed by atoms with Crippen molar-refractivity contribution in [3.8, 4) is 0 Å². The summed E-state index contributed by atoms with van der Waals surface area (Å²) in [5.74, 6) is 5.28. The zero-order valence-electron chi connectivity index (χ0n) is 9.80. The molecule has 0 spiro atoms. The second kappa shape index (κ2) is 6.25. The van der Waals surface area contributed by atoms with E-state index >= 15 is 0 Å². The normalized spacial score (nSPS) is 21.6. The highest BCUT2D eigenvalue weighted by Gasteiger charge is 2.22. The second-order valence-corrected chi connectivity index (χ2v) is 5.34. The van der Waals surface area contributed by atoms with Gasteiger partial charge in [0.05, 0.1) is 6.54 Å². The van der Waals surface area contributed by atoms with Gasteiger partial charge >= 0.3 is 0 Å². The third-order valence-electron chi connectivity index (χ3n) is 3.14. The Kier molecular flexibility index (Phi) is 4.66. The minimum atomic E-state index is 0.257. The van der Waals surface area contributed by atoms with E-state index in [0.29, 0.717) is 11.2 Å². The summed E-state index contributed by atoms with van der Waals surface area (Å²) in [7, 11) is 0. The lowest BCUT2D eigenvalue weighted by Crippen LogP contribution is -2.39. The quantitative estimate of drug-likeness (QED) is 0.528. The van der Waals surface area contributed by atoms with Crippen molar-refractivity contribution in [1.82, 2.24) is 15.1 Å². The van der Waals surface area contributed by atoms with E-state index < -0.39 is 0 Å². The van der Waals surface area contributed by atoms with Gasteiger partial charge in [0.25, 0.3) is 0 Å². The van der Waals surface area contributed by atoms with Gasteiger partial charge in [-0.1, -0.05) is 17.8 Å². The van der Waals surface area contributed by atoms with Crippen molar-refractivity contribution in [2.45, 2.75) is 38.3 Å². The molecule has 2 heterocycles. The number of nitrogens with zero attached hydrogens (tertiary/aromatic N) is 3. The van der Waals surface area contributed by atoms with E-state index in [-0.39, 0.29) is 6.61 Å². The Morgan fingerprint density at radius 3 is 3.06 bits per heavy atom. The molecule has 1 aliphatic rings. The number of hydrazine groups is 1. The largest absolute Gasteiger partial charge is 0.396 e. The molecule has 1 aliphatic heterocycles. The Morgan fingerprint density at radius 1 is 1.47 bits per heavy atom. The van der Waals surface area contributed by atoms with Gasteiger partial charge in [0.15, 0.2) is 0 Å². The van der Waals surface area contributed by atoms with Crippen LogP contribution in [0.25, 0.3) is 0 Å². The molecular weight excluding hydrogens is 238 g/mol. The van der Waals surface area contributed by atoms with Crippen molar-refractivity contribution in [3.05, 3.63) is 5.01 Å². The number of anilines is 1. The summed E-state index contributed by atoms with van der Waals surface area (Å²) in [5.41, 5.74) is 2.51. The summed E-state index contributed by atoms with van der Waals surface area (Å²) in [6.07, 6.45) is 4.50.